The Balaban J connectivity index is 1.70. The molecule has 0 saturated carbocycles. The van der Waals surface area contributed by atoms with Crippen LogP contribution in [0.4, 0.5) is 0 Å². The topological polar surface area (TPSA) is 45.6 Å². The summed E-state index contributed by atoms with van der Waals surface area (Å²) in [5, 5.41) is 0.725. The van der Waals surface area contributed by atoms with Gasteiger partial charge in [-0.3, -0.25) is 9.59 Å². The molecule has 35 heavy (non-hydrogen) atoms. The van der Waals surface area contributed by atoms with Crippen molar-refractivity contribution in [2.75, 3.05) is 19.6 Å². The number of halogens is 1. The van der Waals surface area contributed by atoms with Gasteiger partial charge in [0.2, 0.25) is 11.8 Å². The SMILES string of the molecule is CCN(CC(=O)N(Cc1cccn1Cc1ccccc1Cl)CC(C)C)C(=O)C=Cc1ccccc1. The van der Waals surface area contributed by atoms with Crippen molar-refractivity contribution < 1.29 is 9.59 Å². The molecule has 1 aromatic heterocycles. The highest BCUT2D eigenvalue weighted by Crippen LogP contribution is 2.18. The lowest BCUT2D eigenvalue weighted by Gasteiger charge is -2.28. The minimum Gasteiger partial charge on any atom is -0.345 e. The van der Waals surface area contributed by atoms with Gasteiger partial charge in [0.25, 0.3) is 0 Å². The molecule has 2 amide bonds. The lowest BCUT2D eigenvalue weighted by atomic mass is 10.2. The van der Waals surface area contributed by atoms with Gasteiger partial charge < -0.3 is 14.4 Å². The number of carbonyl (C=O) groups excluding carboxylic acids is 2. The zero-order valence-corrected chi connectivity index (χ0v) is 21.5. The fourth-order valence-corrected chi connectivity index (χ4v) is 4.09. The minimum absolute atomic E-state index is 0.0480. The summed E-state index contributed by atoms with van der Waals surface area (Å²) in [6, 6.07) is 21.5. The van der Waals surface area contributed by atoms with Crippen LogP contribution in [-0.4, -0.2) is 45.8 Å². The Kier molecular flexibility index (Phi) is 9.74. The molecule has 0 fully saturated rings. The van der Waals surface area contributed by atoms with E-state index in [0.29, 0.717) is 32.1 Å². The van der Waals surface area contributed by atoms with E-state index in [-0.39, 0.29) is 18.4 Å². The molecule has 0 aliphatic heterocycles. The van der Waals surface area contributed by atoms with Crippen molar-refractivity contribution in [3.05, 3.63) is 101 Å². The van der Waals surface area contributed by atoms with Gasteiger partial charge in [0.1, 0.15) is 6.54 Å². The Morgan fingerprint density at radius 3 is 2.37 bits per heavy atom. The maximum atomic E-state index is 13.4. The summed E-state index contributed by atoms with van der Waals surface area (Å²) in [6.45, 7) is 8.30. The molecule has 5 nitrogen and oxygen atoms in total. The van der Waals surface area contributed by atoms with E-state index in [2.05, 4.69) is 18.4 Å². The zero-order chi connectivity index (χ0) is 25.2. The molecular formula is C29H34ClN3O2. The summed E-state index contributed by atoms with van der Waals surface area (Å²) < 4.78 is 2.12. The lowest BCUT2D eigenvalue weighted by molar-refractivity contribution is -0.138. The Bertz CT molecular complexity index is 1140. The van der Waals surface area contributed by atoms with Crippen molar-refractivity contribution >= 4 is 29.5 Å². The van der Waals surface area contributed by atoms with Gasteiger partial charge in [-0.15, -0.1) is 0 Å². The van der Waals surface area contributed by atoms with Crippen LogP contribution in [0.15, 0.2) is 79.0 Å². The first-order valence-corrected chi connectivity index (χ1v) is 12.4. The predicted octanol–water partition coefficient (Wildman–Crippen LogP) is 5.74. The molecule has 0 radical (unpaired) electrons. The Morgan fingerprint density at radius 2 is 1.69 bits per heavy atom. The molecule has 3 aromatic rings. The van der Waals surface area contributed by atoms with Crippen molar-refractivity contribution in [2.24, 2.45) is 5.92 Å². The number of likely N-dealkylation sites (N-methyl/N-ethyl adjacent to an activating group) is 1. The molecule has 0 N–H and O–H groups in total. The van der Waals surface area contributed by atoms with Crippen LogP contribution >= 0.6 is 11.6 Å². The highest BCUT2D eigenvalue weighted by Gasteiger charge is 2.21. The molecule has 0 unspecified atom stereocenters. The van der Waals surface area contributed by atoms with E-state index in [1.54, 1.807) is 11.0 Å². The van der Waals surface area contributed by atoms with Crippen molar-refractivity contribution in [3.8, 4) is 0 Å². The van der Waals surface area contributed by atoms with Gasteiger partial charge >= 0.3 is 0 Å². The highest BCUT2D eigenvalue weighted by atomic mass is 35.5. The largest absolute Gasteiger partial charge is 0.345 e. The van der Waals surface area contributed by atoms with E-state index in [1.165, 1.54) is 6.08 Å². The van der Waals surface area contributed by atoms with Gasteiger partial charge in [0, 0.05) is 42.6 Å². The summed E-state index contributed by atoms with van der Waals surface area (Å²) in [5.41, 5.74) is 3.00. The molecule has 0 spiro atoms. The van der Waals surface area contributed by atoms with Crippen LogP contribution in [0.25, 0.3) is 6.08 Å². The average Bonchev–Trinajstić information content (AvgIpc) is 3.28. The minimum atomic E-state index is -0.170. The summed E-state index contributed by atoms with van der Waals surface area (Å²) in [6.07, 6.45) is 5.32. The number of amides is 2. The third-order valence-electron chi connectivity index (χ3n) is 5.75. The van der Waals surface area contributed by atoms with Gasteiger partial charge in [-0.05, 0) is 48.2 Å². The molecule has 0 aliphatic carbocycles. The molecule has 1 heterocycles. The van der Waals surface area contributed by atoms with Crippen molar-refractivity contribution in [1.82, 2.24) is 14.4 Å². The van der Waals surface area contributed by atoms with Crippen LogP contribution in [0.2, 0.25) is 5.02 Å². The molecule has 184 valence electrons. The number of benzene rings is 2. The summed E-state index contributed by atoms with van der Waals surface area (Å²) in [7, 11) is 0. The van der Waals surface area contributed by atoms with Crippen LogP contribution < -0.4 is 0 Å². The number of aromatic nitrogens is 1. The zero-order valence-electron chi connectivity index (χ0n) is 20.7. The van der Waals surface area contributed by atoms with Crippen LogP contribution in [0.5, 0.6) is 0 Å². The highest BCUT2D eigenvalue weighted by molar-refractivity contribution is 6.31. The molecule has 0 saturated heterocycles. The first-order chi connectivity index (χ1) is 16.9. The van der Waals surface area contributed by atoms with E-state index in [0.717, 1.165) is 21.8 Å². The van der Waals surface area contributed by atoms with Gasteiger partial charge in [0.15, 0.2) is 0 Å². The van der Waals surface area contributed by atoms with Crippen LogP contribution in [0, 0.1) is 5.92 Å². The lowest BCUT2D eigenvalue weighted by Crippen LogP contribution is -2.43. The number of hydrogen-bond donors (Lipinski definition) is 0. The second-order valence-corrected chi connectivity index (χ2v) is 9.39. The Hall–Kier alpha value is -3.31. The summed E-state index contributed by atoms with van der Waals surface area (Å²) in [4.78, 5) is 29.6. The number of hydrogen-bond acceptors (Lipinski definition) is 2. The number of nitrogens with zero attached hydrogens (tertiary/aromatic N) is 3. The molecule has 0 bridgehead atoms. The molecule has 2 aromatic carbocycles. The fourth-order valence-electron chi connectivity index (χ4n) is 3.89. The first-order valence-electron chi connectivity index (χ1n) is 12.0. The van der Waals surface area contributed by atoms with Crippen LogP contribution in [-0.2, 0) is 22.7 Å². The van der Waals surface area contributed by atoms with E-state index >= 15 is 0 Å². The van der Waals surface area contributed by atoms with Gasteiger partial charge in [-0.2, -0.15) is 0 Å². The Labute approximate surface area is 213 Å². The number of carbonyl (C=O) groups is 2. The molecule has 0 aliphatic rings. The van der Waals surface area contributed by atoms with Crippen LogP contribution in [0.3, 0.4) is 0 Å². The standard InChI is InChI=1S/C29H34ClN3O2/c1-4-31(28(34)17-16-24-11-6-5-7-12-24)22-29(35)33(19-23(2)3)21-26-14-10-18-32(26)20-25-13-8-9-15-27(25)30/h5-18,23H,4,19-22H2,1-3H3. The maximum absolute atomic E-state index is 13.4. The van der Waals surface area contributed by atoms with Crippen molar-refractivity contribution in [1.29, 1.82) is 0 Å². The van der Waals surface area contributed by atoms with Crippen molar-refractivity contribution in [3.63, 3.8) is 0 Å². The quantitative estimate of drug-likeness (QED) is 0.321. The second kappa shape index (κ2) is 13.0. The van der Waals surface area contributed by atoms with Gasteiger partial charge in [0.05, 0.1) is 6.54 Å². The monoisotopic (exact) mass is 491 g/mol. The van der Waals surface area contributed by atoms with E-state index in [4.69, 9.17) is 11.6 Å². The third-order valence-corrected chi connectivity index (χ3v) is 6.12. The van der Waals surface area contributed by atoms with E-state index < -0.39 is 0 Å². The fraction of sp³-hybridized carbons (Fsp3) is 0.310. The summed E-state index contributed by atoms with van der Waals surface area (Å²) >= 11 is 6.37. The van der Waals surface area contributed by atoms with Gasteiger partial charge in [-0.1, -0.05) is 74.0 Å². The number of rotatable bonds is 11. The average molecular weight is 492 g/mol. The molecule has 0 atom stereocenters. The first kappa shape index (κ1) is 26.3. The normalized spacial score (nSPS) is 11.2. The maximum Gasteiger partial charge on any atom is 0.247 e. The van der Waals surface area contributed by atoms with Crippen molar-refractivity contribution in [2.45, 2.75) is 33.9 Å². The summed E-state index contributed by atoms with van der Waals surface area (Å²) in [5.74, 6) is 0.0680. The van der Waals surface area contributed by atoms with Crippen LogP contribution in [0.1, 0.15) is 37.6 Å². The molecular weight excluding hydrogens is 458 g/mol. The second-order valence-electron chi connectivity index (χ2n) is 8.98. The van der Waals surface area contributed by atoms with E-state index in [1.807, 2.05) is 84.8 Å². The Morgan fingerprint density at radius 1 is 0.971 bits per heavy atom. The van der Waals surface area contributed by atoms with E-state index in [9.17, 15) is 9.59 Å². The molecule has 3 rings (SSSR count). The molecule has 6 heteroatoms. The smallest absolute Gasteiger partial charge is 0.247 e. The van der Waals surface area contributed by atoms with Gasteiger partial charge in [-0.25, -0.2) is 0 Å². The third kappa shape index (κ3) is 7.86. The predicted molar refractivity (Wildman–Crippen MR) is 143 cm³/mol.